The summed E-state index contributed by atoms with van der Waals surface area (Å²) in [6, 6.07) is 0. The molecule has 19 heavy (non-hydrogen) atoms. The first-order chi connectivity index (χ1) is 8.94. The number of carbonyl (C=O) groups is 1. The van der Waals surface area contributed by atoms with Gasteiger partial charge in [-0.15, -0.1) is 0 Å². The van der Waals surface area contributed by atoms with Crippen LogP contribution in [0.1, 0.15) is 27.2 Å². The molecule has 4 fully saturated rings. The molecule has 0 radical (unpaired) electrons. The van der Waals surface area contributed by atoms with Crippen LogP contribution in [-0.2, 0) is 23.7 Å². The molecule has 0 bridgehead atoms. The second-order valence-corrected chi connectivity index (χ2v) is 6.33. The van der Waals surface area contributed by atoms with Gasteiger partial charge in [-0.05, 0) is 13.8 Å². The number of carbonyl (C=O) groups excluding carboxylic acids is 1. The predicted molar refractivity (Wildman–Crippen MR) is 62.9 cm³/mol. The zero-order chi connectivity index (χ0) is 13.4. The third kappa shape index (κ3) is 1.67. The first kappa shape index (κ1) is 12.1. The molecule has 4 rings (SSSR count). The average Bonchev–Trinajstić information content (AvgIpc) is 2.88. The van der Waals surface area contributed by atoms with E-state index in [2.05, 4.69) is 0 Å². The van der Waals surface area contributed by atoms with Crippen molar-refractivity contribution in [2.75, 3.05) is 6.54 Å². The first-order valence-electron chi connectivity index (χ1n) is 6.92. The normalized spacial score (nSPS) is 51.1. The maximum Gasteiger partial charge on any atom is 0.227 e. The second kappa shape index (κ2) is 3.69. The lowest BCUT2D eigenvalue weighted by Crippen LogP contribution is -2.54. The molecule has 0 unspecified atom stereocenters. The highest BCUT2D eigenvalue weighted by molar-refractivity contribution is 5.81. The molecular formula is C13H19NO5. The van der Waals surface area contributed by atoms with Crippen molar-refractivity contribution in [1.82, 2.24) is 4.90 Å². The van der Waals surface area contributed by atoms with Crippen molar-refractivity contribution >= 4 is 5.91 Å². The van der Waals surface area contributed by atoms with Crippen molar-refractivity contribution in [2.45, 2.75) is 63.8 Å². The number of hydrogen-bond acceptors (Lipinski definition) is 5. The lowest BCUT2D eigenvalue weighted by Gasteiger charge is -2.38. The summed E-state index contributed by atoms with van der Waals surface area (Å²) in [5.74, 6) is -0.428. The summed E-state index contributed by atoms with van der Waals surface area (Å²) in [5.41, 5.74) is 0. The fourth-order valence-corrected chi connectivity index (χ4v) is 3.53. The van der Waals surface area contributed by atoms with Crippen LogP contribution in [0.3, 0.4) is 0 Å². The van der Waals surface area contributed by atoms with Crippen LogP contribution in [0.15, 0.2) is 0 Å². The highest BCUT2D eigenvalue weighted by atomic mass is 16.8. The van der Waals surface area contributed by atoms with Crippen LogP contribution in [0.5, 0.6) is 0 Å². The lowest BCUT2D eigenvalue weighted by atomic mass is 10.1. The largest absolute Gasteiger partial charge is 0.349 e. The molecule has 0 aromatic heterocycles. The van der Waals surface area contributed by atoms with Crippen LogP contribution in [-0.4, -0.2) is 54.0 Å². The highest BCUT2D eigenvalue weighted by Crippen LogP contribution is 2.43. The standard InChI is InChI=1S/C13H19NO5/c1-6-4-8-14(11(6)15)5-7-9(17-8)10-12(16-7)19-13(2,3)18-10/h6-10,12H,4-5H2,1-3H3/t6-,7-,8+,9+,10-,12-/m1/s1. The number of hydrogen-bond donors (Lipinski definition) is 0. The van der Waals surface area contributed by atoms with Crippen LogP contribution in [0.25, 0.3) is 0 Å². The Kier molecular flexibility index (Phi) is 2.35. The first-order valence-corrected chi connectivity index (χ1v) is 6.92. The van der Waals surface area contributed by atoms with Gasteiger partial charge in [0, 0.05) is 12.3 Å². The third-order valence-corrected chi connectivity index (χ3v) is 4.39. The molecule has 0 spiro atoms. The zero-order valence-corrected chi connectivity index (χ0v) is 11.4. The van der Waals surface area contributed by atoms with Crippen molar-refractivity contribution < 1.29 is 23.7 Å². The summed E-state index contributed by atoms with van der Waals surface area (Å²) >= 11 is 0. The van der Waals surface area contributed by atoms with E-state index in [1.54, 1.807) is 4.90 Å². The fourth-order valence-electron chi connectivity index (χ4n) is 3.53. The van der Waals surface area contributed by atoms with Gasteiger partial charge in [0.2, 0.25) is 5.91 Å². The number of amides is 1. The van der Waals surface area contributed by atoms with Crippen molar-refractivity contribution in [2.24, 2.45) is 5.92 Å². The van der Waals surface area contributed by atoms with Gasteiger partial charge in [0.25, 0.3) is 0 Å². The minimum absolute atomic E-state index is 0.0387. The molecule has 0 aromatic carbocycles. The summed E-state index contributed by atoms with van der Waals surface area (Å²) in [6.45, 7) is 6.28. The molecule has 0 aliphatic carbocycles. The molecule has 4 aliphatic rings. The summed E-state index contributed by atoms with van der Waals surface area (Å²) < 4.78 is 23.5. The van der Waals surface area contributed by atoms with Gasteiger partial charge < -0.3 is 23.8 Å². The number of rotatable bonds is 0. The molecular weight excluding hydrogens is 250 g/mol. The molecule has 0 saturated carbocycles. The van der Waals surface area contributed by atoms with Crippen LogP contribution in [0.2, 0.25) is 0 Å². The lowest BCUT2D eigenvalue weighted by molar-refractivity contribution is -0.243. The molecule has 0 N–H and O–H groups in total. The minimum atomic E-state index is -0.625. The van der Waals surface area contributed by atoms with E-state index in [0.717, 1.165) is 6.42 Å². The van der Waals surface area contributed by atoms with Gasteiger partial charge in [-0.3, -0.25) is 4.79 Å². The van der Waals surface area contributed by atoms with E-state index >= 15 is 0 Å². The van der Waals surface area contributed by atoms with Gasteiger partial charge in [-0.1, -0.05) is 6.92 Å². The molecule has 6 nitrogen and oxygen atoms in total. The Morgan fingerprint density at radius 2 is 2.00 bits per heavy atom. The van der Waals surface area contributed by atoms with Crippen molar-refractivity contribution in [3.8, 4) is 0 Å². The van der Waals surface area contributed by atoms with E-state index in [0.29, 0.717) is 6.54 Å². The molecule has 6 heteroatoms. The van der Waals surface area contributed by atoms with Crippen molar-refractivity contribution in [1.29, 1.82) is 0 Å². The van der Waals surface area contributed by atoms with E-state index in [1.807, 2.05) is 20.8 Å². The predicted octanol–water partition coefficient (Wildman–Crippen LogP) is 0.456. The summed E-state index contributed by atoms with van der Waals surface area (Å²) in [4.78, 5) is 13.8. The Morgan fingerprint density at radius 1 is 1.21 bits per heavy atom. The Bertz CT molecular complexity index is 425. The maximum atomic E-state index is 12.0. The molecule has 0 aromatic rings. The molecule has 4 aliphatic heterocycles. The number of nitrogens with zero attached hydrogens (tertiary/aromatic N) is 1. The molecule has 106 valence electrons. The zero-order valence-electron chi connectivity index (χ0n) is 11.4. The van der Waals surface area contributed by atoms with Gasteiger partial charge in [-0.2, -0.15) is 0 Å². The number of ether oxygens (including phenoxy) is 4. The van der Waals surface area contributed by atoms with Crippen LogP contribution in [0.4, 0.5) is 0 Å². The number of fused-ring (bicyclic) bond motifs is 4. The SMILES string of the molecule is C[C@@H]1C[C@@H]2O[C@@H]3[C@H]4OC(C)(C)O[C@H]4O[C@@H]3CN2C1=O. The average molecular weight is 269 g/mol. The highest BCUT2D eigenvalue weighted by Gasteiger charge is 2.59. The Balaban J connectivity index is 1.55. The molecule has 4 saturated heterocycles. The monoisotopic (exact) mass is 269 g/mol. The summed E-state index contributed by atoms with van der Waals surface area (Å²) in [7, 11) is 0. The van der Waals surface area contributed by atoms with E-state index in [-0.39, 0.29) is 42.7 Å². The van der Waals surface area contributed by atoms with Crippen LogP contribution in [0, 0.1) is 5.92 Å². The topological polar surface area (TPSA) is 57.2 Å². The summed E-state index contributed by atoms with van der Waals surface area (Å²) in [6.07, 6.45) is -0.212. The Labute approximate surface area is 111 Å². The van der Waals surface area contributed by atoms with E-state index in [9.17, 15) is 4.79 Å². The van der Waals surface area contributed by atoms with Gasteiger partial charge in [-0.25, -0.2) is 0 Å². The van der Waals surface area contributed by atoms with E-state index < -0.39 is 5.79 Å². The summed E-state index contributed by atoms with van der Waals surface area (Å²) in [5, 5.41) is 0. The molecule has 1 amide bonds. The maximum absolute atomic E-state index is 12.0. The minimum Gasteiger partial charge on any atom is -0.349 e. The van der Waals surface area contributed by atoms with E-state index in [4.69, 9.17) is 18.9 Å². The van der Waals surface area contributed by atoms with Crippen LogP contribution < -0.4 is 0 Å². The Hall–Kier alpha value is -0.690. The molecule has 4 heterocycles. The second-order valence-electron chi connectivity index (χ2n) is 6.33. The van der Waals surface area contributed by atoms with Gasteiger partial charge in [0.15, 0.2) is 12.1 Å². The van der Waals surface area contributed by atoms with Gasteiger partial charge in [0.1, 0.15) is 24.5 Å². The fraction of sp³-hybridized carbons (Fsp3) is 0.923. The van der Waals surface area contributed by atoms with Gasteiger partial charge >= 0.3 is 0 Å². The Morgan fingerprint density at radius 3 is 2.79 bits per heavy atom. The third-order valence-electron chi connectivity index (χ3n) is 4.39. The van der Waals surface area contributed by atoms with Crippen LogP contribution >= 0.6 is 0 Å². The van der Waals surface area contributed by atoms with Crippen molar-refractivity contribution in [3.63, 3.8) is 0 Å². The quantitative estimate of drug-likeness (QED) is 0.639. The van der Waals surface area contributed by atoms with Gasteiger partial charge in [0.05, 0.1) is 6.54 Å². The smallest absolute Gasteiger partial charge is 0.227 e. The molecule has 6 atom stereocenters. The van der Waals surface area contributed by atoms with Crippen molar-refractivity contribution in [3.05, 3.63) is 0 Å². The van der Waals surface area contributed by atoms with E-state index in [1.165, 1.54) is 0 Å².